The largest absolute Gasteiger partial charge is 0.378 e. The van der Waals surface area contributed by atoms with Crippen molar-refractivity contribution in [2.24, 2.45) is 4.99 Å². The molecule has 6 heteroatoms. The highest BCUT2D eigenvalue weighted by molar-refractivity contribution is 5.79. The maximum atomic E-state index is 12.9. The van der Waals surface area contributed by atoms with Crippen molar-refractivity contribution >= 4 is 11.6 Å². The van der Waals surface area contributed by atoms with Crippen LogP contribution in [0.5, 0.6) is 0 Å². The molecule has 0 amide bonds. The molecule has 0 saturated carbocycles. The monoisotopic (exact) mass is 356 g/mol. The third-order valence-corrected chi connectivity index (χ3v) is 4.37. The van der Waals surface area contributed by atoms with Crippen LogP contribution in [0.3, 0.4) is 0 Å². The molecule has 5 nitrogen and oxygen atoms in total. The van der Waals surface area contributed by atoms with Crippen LogP contribution >= 0.6 is 0 Å². The number of halogens is 1. The molecule has 2 aromatic rings. The van der Waals surface area contributed by atoms with E-state index in [1.165, 1.54) is 23.4 Å². The minimum absolute atomic E-state index is 0.225. The number of nitrogens with one attached hydrogen (secondary N) is 2. The zero-order chi connectivity index (χ0) is 18.2. The van der Waals surface area contributed by atoms with E-state index in [0.717, 1.165) is 31.9 Å². The fraction of sp³-hybridized carbons (Fsp3) is 0.350. The fourth-order valence-electron chi connectivity index (χ4n) is 2.84. The van der Waals surface area contributed by atoms with Gasteiger partial charge in [0.25, 0.3) is 0 Å². The predicted molar refractivity (Wildman–Crippen MR) is 103 cm³/mol. The lowest BCUT2D eigenvalue weighted by Gasteiger charge is -2.28. The lowest BCUT2D eigenvalue weighted by Crippen LogP contribution is -2.36. The third-order valence-electron chi connectivity index (χ3n) is 4.37. The summed E-state index contributed by atoms with van der Waals surface area (Å²) in [5.74, 6) is 0.489. The van der Waals surface area contributed by atoms with Gasteiger partial charge in [-0.2, -0.15) is 0 Å². The zero-order valence-corrected chi connectivity index (χ0v) is 15.0. The Morgan fingerprint density at radius 2 is 1.50 bits per heavy atom. The van der Waals surface area contributed by atoms with Crippen molar-refractivity contribution in [3.05, 3.63) is 65.5 Å². The Hall–Kier alpha value is -2.60. The van der Waals surface area contributed by atoms with E-state index in [-0.39, 0.29) is 5.82 Å². The van der Waals surface area contributed by atoms with Crippen LogP contribution in [0, 0.1) is 5.82 Å². The fourth-order valence-corrected chi connectivity index (χ4v) is 2.84. The van der Waals surface area contributed by atoms with Crippen LogP contribution in [0.25, 0.3) is 0 Å². The number of anilines is 1. The Labute approximate surface area is 153 Å². The molecule has 1 saturated heterocycles. The van der Waals surface area contributed by atoms with Gasteiger partial charge in [0.2, 0.25) is 0 Å². The summed E-state index contributed by atoms with van der Waals surface area (Å²) in [7, 11) is 1.74. The first-order valence-electron chi connectivity index (χ1n) is 8.85. The van der Waals surface area contributed by atoms with Gasteiger partial charge in [-0.05, 0) is 35.4 Å². The van der Waals surface area contributed by atoms with Crippen LogP contribution in [0.15, 0.2) is 53.5 Å². The van der Waals surface area contributed by atoms with E-state index in [4.69, 9.17) is 4.74 Å². The zero-order valence-electron chi connectivity index (χ0n) is 15.0. The molecule has 0 bridgehead atoms. The van der Waals surface area contributed by atoms with E-state index in [0.29, 0.717) is 19.0 Å². The Balaban J connectivity index is 1.47. The molecule has 2 aromatic carbocycles. The molecule has 0 aliphatic carbocycles. The molecule has 0 unspecified atom stereocenters. The minimum Gasteiger partial charge on any atom is -0.378 e. The molecule has 0 aromatic heterocycles. The van der Waals surface area contributed by atoms with Gasteiger partial charge in [-0.25, -0.2) is 4.39 Å². The van der Waals surface area contributed by atoms with Gasteiger partial charge in [0.05, 0.1) is 13.2 Å². The summed E-state index contributed by atoms with van der Waals surface area (Å²) < 4.78 is 18.3. The highest BCUT2D eigenvalue weighted by Crippen LogP contribution is 2.16. The summed E-state index contributed by atoms with van der Waals surface area (Å²) in [4.78, 5) is 6.56. The molecule has 1 aliphatic heterocycles. The van der Waals surface area contributed by atoms with Crippen molar-refractivity contribution in [2.45, 2.75) is 13.1 Å². The molecule has 138 valence electrons. The van der Waals surface area contributed by atoms with Crippen molar-refractivity contribution in [3.8, 4) is 0 Å². The number of rotatable bonds is 5. The third kappa shape index (κ3) is 5.20. The topological polar surface area (TPSA) is 48.9 Å². The van der Waals surface area contributed by atoms with E-state index >= 15 is 0 Å². The Kier molecular flexibility index (Phi) is 6.44. The van der Waals surface area contributed by atoms with E-state index in [9.17, 15) is 4.39 Å². The molecule has 1 fully saturated rings. The van der Waals surface area contributed by atoms with Crippen LogP contribution in [0.4, 0.5) is 10.1 Å². The highest BCUT2D eigenvalue weighted by atomic mass is 19.1. The van der Waals surface area contributed by atoms with E-state index in [1.807, 2.05) is 0 Å². The molecular weight excluding hydrogens is 331 g/mol. The summed E-state index contributed by atoms with van der Waals surface area (Å²) in [6.07, 6.45) is 0. The molecular formula is C20H25FN4O. The summed E-state index contributed by atoms with van der Waals surface area (Å²) in [6, 6.07) is 15.0. The molecule has 26 heavy (non-hydrogen) atoms. The number of hydrogen-bond donors (Lipinski definition) is 2. The van der Waals surface area contributed by atoms with Gasteiger partial charge in [-0.3, -0.25) is 4.99 Å². The molecule has 0 spiro atoms. The number of aliphatic imine (C=N–C) groups is 1. The highest BCUT2D eigenvalue weighted by Gasteiger charge is 2.10. The van der Waals surface area contributed by atoms with Crippen molar-refractivity contribution in [2.75, 3.05) is 38.3 Å². The normalized spacial score (nSPS) is 15.0. The van der Waals surface area contributed by atoms with Gasteiger partial charge in [0.1, 0.15) is 5.82 Å². The Morgan fingerprint density at radius 1 is 0.962 bits per heavy atom. The average Bonchev–Trinajstić information content (AvgIpc) is 2.70. The van der Waals surface area contributed by atoms with Gasteiger partial charge in [0.15, 0.2) is 5.96 Å². The van der Waals surface area contributed by atoms with Crippen molar-refractivity contribution in [1.82, 2.24) is 10.6 Å². The molecule has 3 rings (SSSR count). The van der Waals surface area contributed by atoms with Crippen LogP contribution in [0.1, 0.15) is 11.1 Å². The van der Waals surface area contributed by atoms with Gasteiger partial charge in [0, 0.05) is 38.9 Å². The van der Waals surface area contributed by atoms with Crippen molar-refractivity contribution < 1.29 is 9.13 Å². The molecule has 1 heterocycles. The average molecular weight is 356 g/mol. The minimum atomic E-state index is -0.225. The summed E-state index contributed by atoms with van der Waals surface area (Å²) in [5, 5.41) is 6.53. The van der Waals surface area contributed by atoms with Gasteiger partial charge < -0.3 is 20.3 Å². The van der Waals surface area contributed by atoms with Crippen molar-refractivity contribution in [1.29, 1.82) is 0 Å². The number of benzene rings is 2. The number of ether oxygens (including phenoxy) is 1. The van der Waals surface area contributed by atoms with E-state index in [2.05, 4.69) is 44.8 Å². The second-order valence-corrected chi connectivity index (χ2v) is 6.17. The molecule has 0 atom stereocenters. The van der Waals surface area contributed by atoms with Gasteiger partial charge >= 0.3 is 0 Å². The smallest absolute Gasteiger partial charge is 0.191 e. The first kappa shape index (κ1) is 18.2. The molecule has 1 aliphatic rings. The maximum absolute atomic E-state index is 12.9. The van der Waals surface area contributed by atoms with Crippen LogP contribution < -0.4 is 15.5 Å². The number of hydrogen-bond acceptors (Lipinski definition) is 3. The predicted octanol–water partition coefficient (Wildman–Crippen LogP) is 2.53. The molecule has 0 radical (unpaired) electrons. The number of morpholine rings is 1. The lowest BCUT2D eigenvalue weighted by atomic mass is 10.2. The van der Waals surface area contributed by atoms with Crippen molar-refractivity contribution in [3.63, 3.8) is 0 Å². The van der Waals surface area contributed by atoms with Gasteiger partial charge in [-0.1, -0.05) is 24.3 Å². The summed E-state index contributed by atoms with van der Waals surface area (Å²) >= 11 is 0. The standard InChI is InChI=1S/C20H25FN4O/c1-22-20(23-14-16-2-6-18(21)7-3-16)24-15-17-4-8-19(9-5-17)25-10-12-26-13-11-25/h2-9H,10-15H2,1H3,(H2,22,23,24). The summed E-state index contributed by atoms with van der Waals surface area (Å²) in [6.45, 7) is 4.75. The van der Waals surface area contributed by atoms with E-state index in [1.54, 1.807) is 19.2 Å². The first-order chi connectivity index (χ1) is 12.7. The van der Waals surface area contributed by atoms with Crippen LogP contribution in [-0.2, 0) is 17.8 Å². The second kappa shape index (κ2) is 9.20. The summed E-state index contributed by atoms with van der Waals surface area (Å²) in [5.41, 5.74) is 3.42. The molecule has 2 N–H and O–H groups in total. The van der Waals surface area contributed by atoms with E-state index < -0.39 is 0 Å². The first-order valence-corrected chi connectivity index (χ1v) is 8.85. The number of guanidine groups is 1. The quantitative estimate of drug-likeness (QED) is 0.639. The second-order valence-electron chi connectivity index (χ2n) is 6.17. The maximum Gasteiger partial charge on any atom is 0.191 e. The SMILES string of the molecule is CN=C(NCc1ccc(F)cc1)NCc1ccc(N2CCOCC2)cc1. The van der Waals surface area contributed by atoms with Crippen LogP contribution in [-0.4, -0.2) is 39.3 Å². The number of nitrogens with zero attached hydrogens (tertiary/aromatic N) is 2. The van der Waals surface area contributed by atoms with Crippen LogP contribution in [0.2, 0.25) is 0 Å². The lowest BCUT2D eigenvalue weighted by molar-refractivity contribution is 0.122. The Morgan fingerprint density at radius 3 is 2.04 bits per heavy atom. The Bertz CT molecular complexity index is 710. The van der Waals surface area contributed by atoms with Gasteiger partial charge in [-0.15, -0.1) is 0 Å².